The molecule has 0 aliphatic carbocycles. The van der Waals surface area contributed by atoms with Gasteiger partial charge in [0.25, 0.3) is 5.91 Å². The zero-order chi connectivity index (χ0) is 18.6. The van der Waals surface area contributed by atoms with Gasteiger partial charge >= 0.3 is 0 Å². The molecule has 0 atom stereocenters. The number of aryl methyl sites for hydroxylation is 1. The lowest BCUT2D eigenvalue weighted by atomic mass is 10.1. The lowest BCUT2D eigenvalue weighted by Gasteiger charge is -2.14. The van der Waals surface area contributed by atoms with E-state index < -0.39 is 11.9 Å². The van der Waals surface area contributed by atoms with Crippen molar-refractivity contribution >= 4 is 28.2 Å². The first-order valence-corrected chi connectivity index (χ1v) is 8.22. The van der Waals surface area contributed by atoms with E-state index in [9.17, 15) is 14.7 Å². The molecular weight excluding hydrogens is 346 g/mol. The number of hydrogen-bond acceptors (Lipinski definition) is 7. The molecule has 0 radical (unpaired) electrons. The molecule has 2 rings (SSSR count). The maximum atomic E-state index is 12.6. The van der Waals surface area contributed by atoms with E-state index in [4.69, 9.17) is 14.2 Å². The summed E-state index contributed by atoms with van der Waals surface area (Å²) in [5, 5.41) is 14.1. The summed E-state index contributed by atoms with van der Waals surface area (Å²) in [7, 11) is 4.35. The summed E-state index contributed by atoms with van der Waals surface area (Å²) in [6, 6.07) is 4.48. The Balaban J connectivity index is 2.39. The van der Waals surface area contributed by atoms with Crippen molar-refractivity contribution in [1.82, 2.24) is 0 Å². The number of carboxylic acids is 1. The van der Waals surface area contributed by atoms with Gasteiger partial charge < -0.3 is 29.4 Å². The van der Waals surface area contributed by atoms with E-state index in [0.29, 0.717) is 23.7 Å². The van der Waals surface area contributed by atoms with Gasteiger partial charge in [-0.15, -0.1) is 11.3 Å². The van der Waals surface area contributed by atoms with E-state index in [1.54, 1.807) is 0 Å². The number of anilines is 1. The molecule has 1 heterocycles. The second-order valence-electron chi connectivity index (χ2n) is 4.96. The Morgan fingerprint density at radius 1 is 1.08 bits per heavy atom. The molecule has 1 N–H and O–H groups in total. The lowest BCUT2D eigenvalue weighted by molar-refractivity contribution is -0.254. The highest BCUT2D eigenvalue weighted by Crippen LogP contribution is 2.38. The Hall–Kier alpha value is -2.74. The maximum absolute atomic E-state index is 12.6. The van der Waals surface area contributed by atoms with Crippen LogP contribution in [0.25, 0.3) is 0 Å². The third-order valence-electron chi connectivity index (χ3n) is 3.51. The highest BCUT2D eigenvalue weighted by atomic mass is 32.1. The van der Waals surface area contributed by atoms with Crippen molar-refractivity contribution in [3.05, 3.63) is 34.2 Å². The average Bonchev–Trinajstić information content (AvgIpc) is 3.03. The van der Waals surface area contributed by atoms with E-state index in [-0.39, 0.29) is 16.1 Å². The van der Waals surface area contributed by atoms with Crippen molar-refractivity contribution < 1.29 is 28.9 Å². The van der Waals surface area contributed by atoms with Crippen LogP contribution in [0, 0.1) is 0 Å². The van der Waals surface area contributed by atoms with Crippen molar-refractivity contribution in [2.45, 2.75) is 13.3 Å². The fourth-order valence-electron chi connectivity index (χ4n) is 2.25. The van der Waals surface area contributed by atoms with Crippen LogP contribution in [0.4, 0.5) is 5.00 Å². The predicted octanol–water partition coefficient (Wildman–Crippen LogP) is 1.95. The number of benzene rings is 1. The smallest absolute Gasteiger partial charge is 0.256 e. The van der Waals surface area contributed by atoms with Crippen molar-refractivity contribution in [2.24, 2.45) is 0 Å². The highest BCUT2D eigenvalue weighted by Gasteiger charge is 2.19. The summed E-state index contributed by atoms with van der Waals surface area (Å²) in [6.45, 7) is 1.90. The number of ether oxygens (including phenoxy) is 3. The Bertz CT molecular complexity index is 773. The molecule has 1 aromatic carbocycles. The highest BCUT2D eigenvalue weighted by molar-refractivity contribution is 7.16. The molecule has 1 aromatic heterocycles. The summed E-state index contributed by atoms with van der Waals surface area (Å²) >= 11 is 1.20. The molecule has 8 heteroatoms. The minimum Gasteiger partial charge on any atom is -0.545 e. The van der Waals surface area contributed by atoms with Crippen molar-refractivity contribution in [1.29, 1.82) is 0 Å². The minimum absolute atomic E-state index is 0.0392. The summed E-state index contributed by atoms with van der Waals surface area (Å²) in [5.41, 5.74) is 0.202. The molecule has 7 nitrogen and oxygen atoms in total. The standard InChI is InChI=1S/C17H19NO6S/c1-5-10-8-11(17(20)21)16(25-10)18-15(19)9-6-12(22-2)14(24-4)13(7-9)23-3/h6-8H,5H2,1-4H3,(H,18,19)(H,20,21)/p-1. The van der Waals surface area contributed by atoms with Gasteiger partial charge in [0, 0.05) is 16.0 Å². The molecule has 0 aliphatic rings. The topological polar surface area (TPSA) is 96.9 Å². The summed E-state index contributed by atoms with van der Waals surface area (Å²) < 4.78 is 15.6. The lowest BCUT2D eigenvalue weighted by Crippen LogP contribution is -2.23. The van der Waals surface area contributed by atoms with Crippen LogP contribution in [-0.2, 0) is 6.42 Å². The second kappa shape index (κ2) is 7.89. The average molecular weight is 364 g/mol. The van der Waals surface area contributed by atoms with Crippen LogP contribution >= 0.6 is 11.3 Å². The number of rotatable bonds is 7. The number of hydrogen-bond donors (Lipinski definition) is 1. The number of nitrogens with one attached hydrogen (secondary N) is 1. The molecule has 0 saturated heterocycles. The van der Waals surface area contributed by atoms with E-state index in [1.807, 2.05) is 6.92 Å². The van der Waals surface area contributed by atoms with Gasteiger partial charge in [-0.1, -0.05) is 6.92 Å². The third kappa shape index (κ3) is 3.85. The Labute approximate surface area is 149 Å². The number of carbonyl (C=O) groups excluding carboxylic acids is 2. The van der Waals surface area contributed by atoms with E-state index in [0.717, 1.165) is 4.88 Å². The van der Waals surface area contributed by atoms with Crippen LogP contribution in [-0.4, -0.2) is 33.2 Å². The molecule has 1 amide bonds. The van der Waals surface area contributed by atoms with E-state index in [1.165, 1.54) is 50.9 Å². The fraction of sp³-hybridized carbons (Fsp3) is 0.294. The van der Waals surface area contributed by atoms with Crippen molar-refractivity contribution in [3.8, 4) is 17.2 Å². The third-order valence-corrected chi connectivity index (χ3v) is 4.70. The second-order valence-corrected chi connectivity index (χ2v) is 6.10. The number of methoxy groups -OCH3 is 3. The molecule has 0 aliphatic heterocycles. The van der Waals surface area contributed by atoms with Crippen molar-refractivity contribution in [3.63, 3.8) is 0 Å². The quantitative estimate of drug-likeness (QED) is 0.807. The Morgan fingerprint density at radius 3 is 2.12 bits per heavy atom. The van der Waals surface area contributed by atoms with Crippen LogP contribution < -0.4 is 24.6 Å². The van der Waals surface area contributed by atoms with Crippen LogP contribution in [0.5, 0.6) is 17.2 Å². The van der Waals surface area contributed by atoms with Gasteiger partial charge in [-0.05, 0) is 24.6 Å². The van der Waals surface area contributed by atoms with Gasteiger partial charge in [-0.3, -0.25) is 4.79 Å². The fourth-order valence-corrected chi connectivity index (χ4v) is 3.23. The Morgan fingerprint density at radius 2 is 1.68 bits per heavy atom. The molecule has 2 aromatic rings. The number of carbonyl (C=O) groups is 2. The molecule has 0 spiro atoms. The van der Waals surface area contributed by atoms with Crippen molar-refractivity contribution in [2.75, 3.05) is 26.6 Å². The minimum atomic E-state index is -1.34. The van der Waals surface area contributed by atoms with Gasteiger partial charge in [0.2, 0.25) is 5.75 Å². The van der Waals surface area contributed by atoms with Gasteiger partial charge in [-0.2, -0.15) is 0 Å². The van der Waals surface area contributed by atoms with Crippen LogP contribution in [0.1, 0.15) is 32.5 Å². The molecule has 0 fully saturated rings. The molecule has 134 valence electrons. The monoisotopic (exact) mass is 364 g/mol. The first-order chi connectivity index (χ1) is 11.9. The molecule has 0 saturated carbocycles. The first kappa shape index (κ1) is 18.6. The normalized spacial score (nSPS) is 10.2. The number of aromatic carboxylic acids is 1. The summed E-state index contributed by atoms with van der Waals surface area (Å²) in [5.74, 6) is -0.816. The maximum Gasteiger partial charge on any atom is 0.256 e. The molecule has 0 unspecified atom stereocenters. The summed E-state index contributed by atoms with van der Waals surface area (Å²) in [4.78, 5) is 24.6. The molecule has 25 heavy (non-hydrogen) atoms. The van der Waals surface area contributed by atoms with Gasteiger partial charge in [-0.25, -0.2) is 0 Å². The van der Waals surface area contributed by atoms with E-state index >= 15 is 0 Å². The van der Waals surface area contributed by atoms with E-state index in [2.05, 4.69) is 5.32 Å². The van der Waals surface area contributed by atoms with Crippen LogP contribution in [0.2, 0.25) is 0 Å². The largest absolute Gasteiger partial charge is 0.545 e. The SMILES string of the molecule is CCc1cc(C(=O)[O-])c(NC(=O)c2cc(OC)c(OC)c(OC)c2)s1. The summed E-state index contributed by atoms with van der Waals surface area (Å²) in [6.07, 6.45) is 0.658. The zero-order valence-corrected chi connectivity index (χ0v) is 15.1. The van der Waals surface area contributed by atoms with Gasteiger partial charge in [0.15, 0.2) is 11.5 Å². The zero-order valence-electron chi connectivity index (χ0n) is 14.3. The van der Waals surface area contributed by atoms with Gasteiger partial charge in [0.05, 0.1) is 27.3 Å². The number of carboxylic acid groups (broad SMARTS) is 1. The van der Waals surface area contributed by atoms with Crippen LogP contribution in [0.15, 0.2) is 18.2 Å². The number of amides is 1. The Kier molecular flexibility index (Phi) is 5.87. The van der Waals surface area contributed by atoms with Gasteiger partial charge in [0.1, 0.15) is 5.00 Å². The predicted molar refractivity (Wildman–Crippen MR) is 92.1 cm³/mol. The molecule has 0 bridgehead atoms. The molecular formula is C17H18NO6S-. The number of thiophene rings is 1. The first-order valence-electron chi connectivity index (χ1n) is 7.40. The van der Waals surface area contributed by atoms with Crippen LogP contribution in [0.3, 0.4) is 0 Å².